The summed E-state index contributed by atoms with van der Waals surface area (Å²) in [5.74, 6) is 0.565. The summed E-state index contributed by atoms with van der Waals surface area (Å²) in [7, 11) is 0. The van der Waals surface area contributed by atoms with Gasteiger partial charge in [0.15, 0.2) is 0 Å². The summed E-state index contributed by atoms with van der Waals surface area (Å²) in [4.78, 5) is 17.1. The first-order valence-electron chi connectivity index (χ1n) is 8.43. The normalized spacial score (nSPS) is 27.7. The van der Waals surface area contributed by atoms with Crippen LogP contribution in [0.15, 0.2) is 0 Å². The highest BCUT2D eigenvalue weighted by Crippen LogP contribution is 2.41. The van der Waals surface area contributed by atoms with Crippen LogP contribution in [0.1, 0.15) is 53.4 Å². The highest BCUT2D eigenvalue weighted by molar-refractivity contribution is 5.79. The van der Waals surface area contributed by atoms with E-state index in [4.69, 9.17) is 0 Å². The van der Waals surface area contributed by atoms with Gasteiger partial charge >= 0.3 is 0 Å². The number of aliphatic hydroxyl groups is 1. The smallest absolute Gasteiger partial charge is 0.226 e. The molecule has 4 heteroatoms. The number of rotatable bonds is 3. The van der Waals surface area contributed by atoms with Gasteiger partial charge in [-0.25, -0.2) is 0 Å². The zero-order valence-corrected chi connectivity index (χ0v) is 14.2. The molecule has 2 aliphatic rings. The Morgan fingerprint density at radius 3 is 2.33 bits per heavy atom. The lowest BCUT2D eigenvalue weighted by Gasteiger charge is -2.43. The molecule has 0 spiro atoms. The predicted molar refractivity (Wildman–Crippen MR) is 85.1 cm³/mol. The molecule has 0 aromatic heterocycles. The Bertz CT molecular complexity index is 365. The van der Waals surface area contributed by atoms with Gasteiger partial charge in [-0.15, -0.1) is 0 Å². The Morgan fingerprint density at radius 2 is 1.81 bits per heavy atom. The first-order valence-corrected chi connectivity index (χ1v) is 8.43. The van der Waals surface area contributed by atoms with Crippen LogP contribution in [0.4, 0.5) is 0 Å². The third kappa shape index (κ3) is 4.43. The molecule has 122 valence electrons. The standard InChI is InChI=1S/C17H32N2O2/c1-16(2)8-6-5-7-14(16)15(20)19-11-9-18(10-12-19)13-17(3,4)21/h14,21H,5-13H2,1-4H3. The minimum atomic E-state index is -0.655. The molecule has 1 aliphatic heterocycles. The van der Waals surface area contributed by atoms with E-state index < -0.39 is 5.60 Å². The van der Waals surface area contributed by atoms with Gasteiger partial charge in [0.05, 0.1) is 5.60 Å². The summed E-state index contributed by atoms with van der Waals surface area (Å²) in [6.45, 7) is 12.2. The molecule has 1 unspecified atom stereocenters. The molecule has 1 amide bonds. The van der Waals surface area contributed by atoms with E-state index in [2.05, 4.69) is 23.6 Å². The average molecular weight is 296 g/mol. The fourth-order valence-corrected chi connectivity index (χ4v) is 3.85. The number of piperazine rings is 1. The fourth-order valence-electron chi connectivity index (χ4n) is 3.85. The van der Waals surface area contributed by atoms with Crippen molar-refractivity contribution in [2.45, 2.75) is 59.0 Å². The molecule has 1 N–H and O–H groups in total. The van der Waals surface area contributed by atoms with E-state index in [9.17, 15) is 9.90 Å². The average Bonchev–Trinajstić information content (AvgIpc) is 2.36. The Balaban J connectivity index is 1.88. The topological polar surface area (TPSA) is 43.8 Å². The molecule has 0 radical (unpaired) electrons. The number of hydrogen-bond acceptors (Lipinski definition) is 3. The summed E-state index contributed by atoms with van der Waals surface area (Å²) in [6, 6.07) is 0. The van der Waals surface area contributed by atoms with Crippen LogP contribution in [0.25, 0.3) is 0 Å². The summed E-state index contributed by atoms with van der Waals surface area (Å²) >= 11 is 0. The summed E-state index contributed by atoms with van der Waals surface area (Å²) in [5.41, 5.74) is -0.503. The van der Waals surface area contributed by atoms with E-state index in [1.54, 1.807) is 0 Å². The maximum absolute atomic E-state index is 12.8. The van der Waals surface area contributed by atoms with Crippen LogP contribution in [0.3, 0.4) is 0 Å². The molecule has 1 saturated heterocycles. The maximum Gasteiger partial charge on any atom is 0.226 e. The molecule has 1 heterocycles. The Kier molecular flexibility index (Phi) is 4.99. The molecule has 0 bridgehead atoms. The Hall–Kier alpha value is -0.610. The van der Waals surface area contributed by atoms with Crippen molar-refractivity contribution in [1.29, 1.82) is 0 Å². The van der Waals surface area contributed by atoms with Crippen molar-refractivity contribution in [3.63, 3.8) is 0 Å². The van der Waals surface area contributed by atoms with Gasteiger partial charge in [-0.2, -0.15) is 0 Å². The molecular weight excluding hydrogens is 264 g/mol. The van der Waals surface area contributed by atoms with Crippen LogP contribution >= 0.6 is 0 Å². The van der Waals surface area contributed by atoms with Gasteiger partial charge in [0.25, 0.3) is 0 Å². The van der Waals surface area contributed by atoms with Crippen LogP contribution in [0.2, 0.25) is 0 Å². The van der Waals surface area contributed by atoms with Crippen molar-refractivity contribution in [3.05, 3.63) is 0 Å². The number of carbonyl (C=O) groups is 1. The molecule has 21 heavy (non-hydrogen) atoms. The second kappa shape index (κ2) is 6.25. The number of amides is 1. The highest BCUT2D eigenvalue weighted by atomic mass is 16.3. The molecule has 0 aromatic rings. The molecular formula is C17H32N2O2. The van der Waals surface area contributed by atoms with Gasteiger partial charge in [-0.3, -0.25) is 9.69 Å². The number of β-amino-alcohol motifs (C(OH)–C–C–N with tert-alkyl or cyclic N) is 1. The van der Waals surface area contributed by atoms with Gasteiger partial charge in [-0.1, -0.05) is 26.7 Å². The zero-order chi connectivity index (χ0) is 15.7. The maximum atomic E-state index is 12.8. The van der Waals surface area contributed by atoms with Gasteiger partial charge in [-0.05, 0) is 32.1 Å². The predicted octanol–water partition coefficient (Wildman–Crippen LogP) is 2.12. The first-order chi connectivity index (χ1) is 9.69. The lowest BCUT2D eigenvalue weighted by molar-refractivity contribution is -0.143. The van der Waals surface area contributed by atoms with Crippen molar-refractivity contribution in [2.75, 3.05) is 32.7 Å². The lowest BCUT2D eigenvalue weighted by atomic mass is 9.68. The molecule has 2 rings (SSSR count). The highest BCUT2D eigenvalue weighted by Gasteiger charge is 2.39. The third-order valence-electron chi connectivity index (χ3n) is 5.10. The molecule has 1 aliphatic carbocycles. The van der Waals surface area contributed by atoms with Gasteiger partial charge < -0.3 is 10.0 Å². The van der Waals surface area contributed by atoms with E-state index in [1.165, 1.54) is 19.3 Å². The van der Waals surface area contributed by atoms with E-state index in [1.807, 2.05) is 13.8 Å². The van der Waals surface area contributed by atoms with Crippen molar-refractivity contribution in [2.24, 2.45) is 11.3 Å². The molecule has 4 nitrogen and oxygen atoms in total. The van der Waals surface area contributed by atoms with E-state index in [0.717, 1.165) is 32.6 Å². The van der Waals surface area contributed by atoms with Gasteiger partial charge in [0, 0.05) is 38.6 Å². The molecule has 1 atom stereocenters. The summed E-state index contributed by atoms with van der Waals surface area (Å²) in [5, 5.41) is 9.90. The summed E-state index contributed by atoms with van der Waals surface area (Å²) < 4.78 is 0. The second-order valence-corrected chi connectivity index (χ2v) is 8.20. The van der Waals surface area contributed by atoms with Crippen LogP contribution < -0.4 is 0 Å². The zero-order valence-electron chi connectivity index (χ0n) is 14.2. The van der Waals surface area contributed by atoms with Crippen LogP contribution in [-0.2, 0) is 4.79 Å². The van der Waals surface area contributed by atoms with Gasteiger partial charge in [0.1, 0.15) is 0 Å². The fraction of sp³-hybridized carbons (Fsp3) is 0.941. The Labute approximate surface area is 129 Å². The van der Waals surface area contributed by atoms with Crippen molar-refractivity contribution < 1.29 is 9.90 Å². The minimum absolute atomic E-state index is 0.152. The van der Waals surface area contributed by atoms with Crippen LogP contribution in [0, 0.1) is 11.3 Å². The first kappa shape index (κ1) is 16.8. The monoisotopic (exact) mass is 296 g/mol. The molecule has 1 saturated carbocycles. The largest absolute Gasteiger partial charge is 0.389 e. The van der Waals surface area contributed by atoms with E-state index >= 15 is 0 Å². The lowest BCUT2D eigenvalue weighted by Crippen LogP contribution is -2.54. The quantitative estimate of drug-likeness (QED) is 0.867. The molecule has 0 aromatic carbocycles. The number of carbonyl (C=O) groups excluding carboxylic acids is 1. The number of nitrogens with zero attached hydrogens (tertiary/aromatic N) is 2. The molecule has 2 fully saturated rings. The summed E-state index contributed by atoms with van der Waals surface area (Å²) in [6.07, 6.45) is 4.67. The SMILES string of the molecule is CC(C)(O)CN1CCN(C(=O)C2CCCCC2(C)C)CC1. The third-order valence-corrected chi connectivity index (χ3v) is 5.10. The van der Waals surface area contributed by atoms with Crippen LogP contribution in [-0.4, -0.2) is 59.1 Å². The van der Waals surface area contributed by atoms with Crippen molar-refractivity contribution in [1.82, 2.24) is 9.80 Å². The van der Waals surface area contributed by atoms with Gasteiger partial charge in [0.2, 0.25) is 5.91 Å². The minimum Gasteiger partial charge on any atom is -0.389 e. The van der Waals surface area contributed by atoms with Crippen molar-refractivity contribution >= 4 is 5.91 Å². The van der Waals surface area contributed by atoms with Crippen LogP contribution in [0.5, 0.6) is 0 Å². The number of hydrogen-bond donors (Lipinski definition) is 1. The second-order valence-electron chi connectivity index (χ2n) is 8.20. The van der Waals surface area contributed by atoms with E-state index in [0.29, 0.717) is 12.5 Å². The van der Waals surface area contributed by atoms with E-state index in [-0.39, 0.29) is 11.3 Å². The Morgan fingerprint density at radius 1 is 1.19 bits per heavy atom. The van der Waals surface area contributed by atoms with Crippen molar-refractivity contribution in [3.8, 4) is 0 Å².